The monoisotopic (exact) mass is 319 g/mol. The molecule has 24 heavy (non-hydrogen) atoms. The summed E-state index contributed by atoms with van der Waals surface area (Å²) < 4.78 is 5.67. The Morgan fingerprint density at radius 2 is 2.08 bits per heavy atom. The van der Waals surface area contributed by atoms with Gasteiger partial charge in [0.05, 0.1) is 30.3 Å². The van der Waals surface area contributed by atoms with Crippen LogP contribution in [0.4, 0.5) is 0 Å². The van der Waals surface area contributed by atoms with Gasteiger partial charge in [0.1, 0.15) is 12.4 Å². The van der Waals surface area contributed by atoms with E-state index in [4.69, 9.17) is 10.00 Å². The second-order valence-corrected chi connectivity index (χ2v) is 5.45. The molecule has 2 aromatic rings. The Labute approximate surface area is 140 Å². The van der Waals surface area contributed by atoms with Crippen molar-refractivity contribution >= 4 is 12.0 Å². The van der Waals surface area contributed by atoms with Crippen molar-refractivity contribution in [2.24, 2.45) is 0 Å². The molecule has 2 heterocycles. The first-order valence-corrected chi connectivity index (χ1v) is 7.76. The lowest BCUT2D eigenvalue weighted by Crippen LogP contribution is -2.35. The number of nitriles is 1. The van der Waals surface area contributed by atoms with Crippen LogP contribution in [0.25, 0.3) is 6.08 Å². The molecule has 0 radical (unpaired) electrons. The van der Waals surface area contributed by atoms with Gasteiger partial charge in [0.2, 0.25) is 0 Å². The van der Waals surface area contributed by atoms with Crippen molar-refractivity contribution in [2.45, 2.75) is 13.0 Å². The van der Waals surface area contributed by atoms with Gasteiger partial charge in [0.15, 0.2) is 0 Å². The summed E-state index contributed by atoms with van der Waals surface area (Å²) in [4.78, 5) is 18.8. The number of fused-ring (bicyclic) bond motifs is 1. The molecule has 5 nitrogen and oxygen atoms in total. The Morgan fingerprint density at radius 1 is 1.25 bits per heavy atom. The van der Waals surface area contributed by atoms with Crippen LogP contribution in [0.2, 0.25) is 0 Å². The van der Waals surface area contributed by atoms with Gasteiger partial charge in [-0.2, -0.15) is 5.26 Å². The van der Waals surface area contributed by atoms with Gasteiger partial charge in [0.25, 0.3) is 5.91 Å². The van der Waals surface area contributed by atoms with Crippen molar-refractivity contribution in [3.8, 4) is 11.8 Å². The minimum Gasteiger partial charge on any atom is -0.488 e. The maximum atomic E-state index is 12.9. The summed E-state index contributed by atoms with van der Waals surface area (Å²) in [5.41, 5.74) is 2.27. The molecular weight excluding hydrogens is 302 g/mol. The molecule has 5 heteroatoms. The molecule has 1 amide bonds. The van der Waals surface area contributed by atoms with E-state index in [9.17, 15) is 4.79 Å². The number of hydrogen-bond acceptors (Lipinski definition) is 4. The highest BCUT2D eigenvalue weighted by atomic mass is 16.5. The summed E-state index contributed by atoms with van der Waals surface area (Å²) in [5.74, 6) is 0.660. The van der Waals surface area contributed by atoms with Crippen LogP contribution in [0.15, 0.2) is 54.2 Å². The van der Waals surface area contributed by atoms with Gasteiger partial charge in [0, 0.05) is 18.3 Å². The molecule has 0 atom stereocenters. The Hall–Kier alpha value is -3.13. The van der Waals surface area contributed by atoms with E-state index in [1.165, 1.54) is 0 Å². The zero-order valence-electron chi connectivity index (χ0n) is 13.2. The van der Waals surface area contributed by atoms with E-state index in [0.717, 1.165) is 17.0 Å². The van der Waals surface area contributed by atoms with E-state index < -0.39 is 0 Å². The summed E-state index contributed by atoms with van der Waals surface area (Å²) in [6.07, 6.45) is 3.84. The molecule has 1 aliphatic heterocycles. The highest BCUT2D eigenvalue weighted by Gasteiger charge is 2.22. The molecule has 0 saturated carbocycles. The Bertz CT molecular complexity index is 794. The smallest absolute Gasteiger partial charge is 0.253 e. The van der Waals surface area contributed by atoms with Crippen LogP contribution >= 0.6 is 0 Å². The fourth-order valence-electron chi connectivity index (χ4n) is 2.57. The number of amides is 1. The molecule has 0 unspecified atom stereocenters. The van der Waals surface area contributed by atoms with Gasteiger partial charge < -0.3 is 9.64 Å². The van der Waals surface area contributed by atoms with Crippen LogP contribution in [0, 0.1) is 11.3 Å². The second-order valence-electron chi connectivity index (χ2n) is 5.45. The molecule has 0 bridgehead atoms. The van der Waals surface area contributed by atoms with Gasteiger partial charge >= 0.3 is 0 Å². The van der Waals surface area contributed by atoms with E-state index >= 15 is 0 Å². The average Bonchev–Trinajstić information content (AvgIpc) is 2.65. The van der Waals surface area contributed by atoms with Crippen molar-refractivity contribution in [1.82, 2.24) is 9.88 Å². The van der Waals surface area contributed by atoms with E-state index in [1.54, 1.807) is 11.1 Å². The number of para-hydroxylation sites is 1. The number of pyridine rings is 1. The highest BCUT2D eigenvalue weighted by molar-refractivity contribution is 5.99. The van der Waals surface area contributed by atoms with E-state index in [-0.39, 0.29) is 18.9 Å². The average molecular weight is 319 g/mol. The first-order chi connectivity index (χ1) is 11.8. The Balaban J connectivity index is 1.81. The third-order valence-electron chi connectivity index (χ3n) is 3.77. The number of ether oxygens (including phenoxy) is 1. The lowest BCUT2D eigenvalue weighted by Gasteiger charge is -2.25. The van der Waals surface area contributed by atoms with E-state index in [0.29, 0.717) is 18.7 Å². The predicted molar refractivity (Wildman–Crippen MR) is 89.8 cm³/mol. The zero-order valence-corrected chi connectivity index (χ0v) is 13.2. The molecule has 0 aliphatic carbocycles. The maximum Gasteiger partial charge on any atom is 0.253 e. The van der Waals surface area contributed by atoms with Gasteiger partial charge in [-0.1, -0.05) is 24.3 Å². The van der Waals surface area contributed by atoms with Crippen molar-refractivity contribution in [2.75, 3.05) is 13.2 Å². The molecule has 120 valence electrons. The number of hydrogen-bond donors (Lipinski definition) is 0. The fraction of sp³-hybridized carbons (Fsp3) is 0.211. The SMILES string of the molecule is N#CCCN(Cc1ccccn1)C(=O)C1=Cc2ccccc2OC1. The summed E-state index contributed by atoms with van der Waals surface area (Å²) in [7, 11) is 0. The quantitative estimate of drug-likeness (QED) is 0.850. The first-order valence-electron chi connectivity index (χ1n) is 7.76. The van der Waals surface area contributed by atoms with Crippen molar-refractivity contribution in [1.29, 1.82) is 5.26 Å². The number of benzene rings is 1. The number of rotatable bonds is 5. The molecule has 0 N–H and O–H groups in total. The zero-order chi connectivity index (χ0) is 16.8. The first kappa shape index (κ1) is 15.8. The van der Waals surface area contributed by atoms with E-state index in [1.807, 2.05) is 48.5 Å². The largest absolute Gasteiger partial charge is 0.488 e. The molecule has 1 aromatic heterocycles. The summed E-state index contributed by atoms with van der Waals surface area (Å²) in [6.45, 7) is 0.979. The number of carbonyl (C=O) groups excluding carboxylic acids is 1. The summed E-state index contributed by atoms with van der Waals surface area (Å²) in [6, 6.07) is 15.3. The highest BCUT2D eigenvalue weighted by Crippen LogP contribution is 2.26. The third-order valence-corrected chi connectivity index (χ3v) is 3.77. The standard InChI is InChI=1S/C19H17N3O2/c20-9-5-11-22(13-17-7-3-4-10-21-17)19(23)16-12-15-6-1-2-8-18(15)24-14-16/h1-4,6-8,10,12H,5,11,13-14H2. The molecule has 0 spiro atoms. The lowest BCUT2D eigenvalue weighted by atomic mass is 10.1. The molecule has 1 aromatic carbocycles. The normalized spacial score (nSPS) is 12.4. The maximum absolute atomic E-state index is 12.9. The number of aromatic nitrogens is 1. The van der Waals surface area contributed by atoms with Crippen molar-refractivity contribution in [3.63, 3.8) is 0 Å². The van der Waals surface area contributed by atoms with Crippen LogP contribution in [0.1, 0.15) is 17.7 Å². The predicted octanol–water partition coefficient (Wildman–Crippen LogP) is 2.80. The minimum absolute atomic E-state index is 0.120. The molecular formula is C19H17N3O2. The Morgan fingerprint density at radius 3 is 2.88 bits per heavy atom. The van der Waals surface area contributed by atoms with Crippen LogP contribution in [0.5, 0.6) is 5.75 Å². The summed E-state index contributed by atoms with van der Waals surface area (Å²) >= 11 is 0. The third kappa shape index (κ3) is 3.61. The van der Waals surface area contributed by atoms with Crippen LogP contribution in [-0.2, 0) is 11.3 Å². The van der Waals surface area contributed by atoms with Gasteiger partial charge in [-0.3, -0.25) is 9.78 Å². The fourth-order valence-corrected chi connectivity index (χ4v) is 2.57. The van der Waals surface area contributed by atoms with E-state index in [2.05, 4.69) is 11.1 Å². The molecule has 0 saturated heterocycles. The van der Waals surface area contributed by atoms with Gasteiger partial charge in [-0.15, -0.1) is 0 Å². The minimum atomic E-state index is -0.120. The van der Waals surface area contributed by atoms with Gasteiger partial charge in [-0.05, 0) is 24.3 Å². The summed E-state index contributed by atoms with van der Waals surface area (Å²) in [5, 5.41) is 8.86. The van der Waals surface area contributed by atoms with Gasteiger partial charge in [-0.25, -0.2) is 0 Å². The number of carbonyl (C=O) groups is 1. The topological polar surface area (TPSA) is 66.2 Å². The van der Waals surface area contributed by atoms with Crippen molar-refractivity contribution in [3.05, 3.63) is 65.5 Å². The van der Waals surface area contributed by atoms with Crippen LogP contribution in [-0.4, -0.2) is 28.9 Å². The molecule has 0 fully saturated rings. The van der Waals surface area contributed by atoms with Crippen molar-refractivity contribution < 1.29 is 9.53 Å². The number of nitrogens with zero attached hydrogens (tertiary/aromatic N) is 3. The van der Waals surface area contributed by atoms with Crippen LogP contribution in [0.3, 0.4) is 0 Å². The second kappa shape index (κ2) is 7.42. The van der Waals surface area contributed by atoms with Crippen LogP contribution < -0.4 is 4.74 Å². The Kier molecular flexibility index (Phi) is 4.87. The molecule has 1 aliphatic rings. The lowest BCUT2D eigenvalue weighted by molar-refractivity contribution is -0.128. The molecule has 3 rings (SSSR count).